The van der Waals surface area contributed by atoms with Crippen molar-refractivity contribution in [2.75, 3.05) is 19.8 Å². The summed E-state index contributed by atoms with van der Waals surface area (Å²) < 4.78 is 17.4. The van der Waals surface area contributed by atoms with Crippen molar-refractivity contribution in [2.24, 2.45) is 0 Å². The van der Waals surface area contributed by atoms with Crippen molar-refractivity contribution in [3.8, 4) is 0 Å². The number of unbranched alkanes of at least 4 members (excludes halogenated alkanes) is 26. The van der Waals surface area contributed by atoms with Gasteiger partial charge in [-0.15, -0.1) is 0 Å². The van der Waals surface area contributed by atoms with Crippen LogP contribution in [0.3, 0.4) is 0 Å². The summed E-state index contributed by atoms with van der Waals surface area (Å²) in [6.45, 7) is 7.68. The van der Waals surface area contributed by atoms with Gasteiger partial charge in [-0.25, -0.2) is 0 Å². The fraction of sp³-hybridized carbons (Fsp3) is 0.782. The Morgan fingerprint density at radius 2 is 0.750 bits per heavy atom. The van der Waals surface area contributed by atoms with E-state index in [1.165, 1.54) is 141 Å². The first-order valence-corrected chi connectivity index (χ1v) is 25.8. The zero-order valence-corrected chi connectivity index (χ0v) is 40.0. The van der Waals surface area contributed by atoms with E-state index in [0.717, 1.165) is 77.0 Å². The van der Waals surface area contributed by atoms with Gasteiger partial charge in [-0.2, -0.15) is 0 Å². The molecule has 0 rings (SSSR count). The van der Waals surface area contributed by atoms with Gasteiger partial charge in [0.15, 0.2) is 6.10 Å². The van der Waals surface area contributed by atoms with Gasteiger partial charge in [-0.05, 0) is 83.5 Å². The number of esters is 2. The summed E-state index contributed by atoms with van der Waals surface area (Å²) in [5, 5.41) is 0. The van der Waals surface area contributed by atoms with E-state index >= 15 is 0 Å². The van der Waals surface area contributed by atoms with Crippen molar-refractivity contribution >= 4 is 11.9 Å². The maximum absolute atomic E-state index is 12.8. The maximum atomic E-state index is 12.8. The van der Waals surface area contributed by atoms with Crippen molar-refractivity contribution in [2.45, 2.75) is 258 Å². The van der Waals surface area contributed by atoms with Gasteiger partial charge in [0.05, 0.1) is 6.61 Å². The third-order valence-electron chi connectivity index (χ3n) is 11.0. The monoisotopic (exact) mass is 839 g/mol. The Labute approximate surface area is 373 Å². The lowest BCUT2D eigenvalue weighted by Crippen LogP contribution is -2.30. The van der Waals surface area contributed by atoms with E-state index in [1.54, 1.807) is 0 Å². The van der Waals surface area contributed by atoms with Crippen LogP contribution in [0.25, 0.3) is 0 Å². The second kappa shape index (κ2) is 51.0. The van der Waals surface area contributed by atoms with E-state index in [0.29, 0.717) is 19.4 Å². The van der Waals surface area contributed by atoms with Gasteiger partial charge in [-0.1, -0.05) is 216 Å². The van der Waals surface area contributed by atoms with Crippen molar-refractivity contribution in [3.05, 3.63) is 60.8 Å². The smallest absolute Gasteiger partial charge is 0.306 e. The zero-order chi connectivity index (χ0) is 43.5. The van der Waals surface area contributed by atoms with Crippen LogP contribution in [0.5, 0.6) is 0 Å². The van der Waals surface area contributed by atoms with Crippen LogP contribution in [0.2, 0.25) is 0 Å². The molecule has 5 nitrogen and oxygen atoms in total. The molecule has 0 aliphatic rings. The lowest BCUT2D eigenvalue weighted by Gasteiger charge is -2.18. The summed E-state index contributed by atoms with van der Waals surface area (Å²) >= 11 is 0. The van der Waals surface area contributed by atoms with E-state index in [4.69, 9.17) is 14.2 Å². The molecule has 0 bridgehead atoms. The molecule has 0 saturated heterocycles. The van der Waals surface area contributed by atoms with Gasteiger partial charge in [0.25, 0.3) is 0 Å². The van der Waals surface area contributed by atoms with Crippen LogP contribution in [0.1, 0.15) is 252 Å². The number of hydrogen-bond donors (Lipinski definition) is 0. The standard InChI is InChI=1S/C55H98O5/c1-4-7-10-13-16-19-22-24-25-26-27-28-29-30-32-35-38-41-44-47-50-58-51-53(60-55(57)49-46-43-40-37-33-21-18-15-12-9-6-3)52-59-54(56)48-45-42-39-36-34-31-23-20-17-14-11-8-5-2/h7,10,16,19-20,23-25,27-28,53H,4-6,8-9,11-15,17-18,21-22,26,29-52H2,1-3H3/b10-7-,19-16-,23-20-,25-24-,28-27-. The van der Waals surface area contributed by atoms with Crippen molar-refractivity contribution in [1.29, 1.82) is 0 Å². The number of carbonyl (C=O) groups excluding carboxylic acids is 2. The fourth-order valence-electron chi connectivity index (χ4n) is 7.20. The Bertz CT molecular complexity index is 1040. The first-order valence-electron chi connectivity index (χ1n) is 25.8. The number of allylic oxidation sites excluding steroid dienone is 10. The third-order valence-corrected chi connectivity index (χ3v) is 11.0. The lowest BCUT2D eigenvalue weighted by atomic mass is 10.1. The first kappa shape index (κ1) is 57.6. The molecule has 0 heterocycles. The third kappa shape index (κ3) is 48.3. The molecule has 0 aromatic carbocycles. The molecule has 1 unspecified atom stereocenters. The molecule has 0 spiro atoms. The predicted octanol–water partition coefficient (Wildman–Crippen LogP) is 17.3. The molecule has 0 aromatic heterocycles. The van der Waals surface area contributed by atoms with Crippen molar-refractivity contribution in [1.82, 2.24) is 0 Å². The second-order valence-electron chi connectivity index (χ2n) is 17.0. The lowest BCUT2D eigenvalue weighted by molar-refractivity contribution is -0.163. The van der Waals surface area contributed by atoms with Gasteiger partial charge in [-0.3, -0.25) is 9.59 Å². The van der Waals surface area contributed by atoms with E-state index < -0.39 is 6.10 Å². The average Bonchev–Trinajstić information content (AvgIpc) is 3.25. The molecule has 0 N–H and O–H groups in total. The molecule has 0 aromatic rings. The van der Waals surface area contributed by atoms with Gasteiger partial charge < -0.3 is 14.2 Å². The van der Waals surface area contributed by atoms with Gasteiger partial charge in [0.1, 0.15) is 6.61 Å². The highest BCUT2D eigenvalue weighted by Gasteiger charge is 2.17. The molecule has 60 heavy (non-hydrogen) atoms. The normalized spacial score (nSPS) is 12.7. The molecule has 0 radical (unpaired) electrons. The molecular weight excluding hydrogens is 741 g/mol. The predicted molar refractivity (Wildman–Crippen MR) is 261 cm³/mol. The molecule has 1 atom stereocenters. The molecule has 5 heteroatoms. The van der Waals surface area contributed by atoms with E-state index in [9.17, 15) is 9.59 Å². The molecule has 0 aliphatic carbocycles. The highest BCUT2D eigenvalue weighted by Crippen LogP contribution is 2.14. The zero-order valence-electron chi connectivity index (χ0n) is 40.0. The van der Waals surface area contributed by atoms with Crippen LogP contribution in [-0.2, 0) is 23.8 Å². The molecular formula is C55H98O5. The maximum Gasteiger partial charge on any atom is 0.306 e. The molecule has 0 aliphatic heterocycles. The second-order valence-corrected chi connectivity index (χ2v) is 17.0. The molecule has 0 saturated carbocycles. The summed E-state index contributed by atoms with van der Waals surface area (Å²) in [6, 6.07) is 0. The fourth-order valence-corrected chi connectivity index (χ4v) is 7.20. The van der Waals surface area contributed by atoms with E-state index in [-0.39, 0.29) is 25.2 Å². The Hall–Kier alpha value is -2.40. The Balaban J connectivity index is 4.24. The minimum Gasteiger partial charge on any atom is -0.462 e. The molecule has 0 fully saturated rings. The number of ether oxygens (including phenoxy) is 3. The van der Waals surface area contributed by atoms with Gasteiger partial charge >= 0.3 is 11.9 Å². The van der Waals surface area contributed by atoms with Crippen LogP contribution < -0.4 is 0 Å². The number of carbonyl (C=O) groups is 2. The first-order chi connectivity index (χ1) is 29.6. The molecule has 348 valence electrons. The Morgan fingerprint density at radius 1 is 0.383 bits per heavy atom. The average molecular weight is 839 g/mol. The highest BCUT2D eigenvalue weighted by molar-refractivity contribution is 5.70. The molecule has 0 amide bonds. The van der Waals surface area contributed by atoms with E-state index in [1.807, 2.05) is 0 Å². The van der Waals surface area contributed by atoms with Crippen molar-refractivity contribution < 1.29 is 23.8 Å². The largest absolute Gasteiger partial charge is 0.462 e. The van der Waals surface area contributed by atoms with Gasteiger partial charge in [0.2, 0.25) is 0 Å². The van der Waals surface area contributed by atoms with Crippen LogP contribution in [0.4, 0.5) is 0 Å². The highest BCUT2D eigenvalue weighted by atomic mass is 16.6. The van der Waals surface area contributed by atoms with Gasteiger partial charge in [0, 0.05) is 19.4 Å². The number of rotatable bonds is 47. The Morgan fingerprint density at radius 3 is 1.23 bits per heavy atom. The quantitative estimate of drug-likeness (QED) is 0.0347. The van der Waals surface area contributed by atoms with Crippen LogP contribution in [-0.4, -0.2) is 37.9 Å². The number of hydrogen-bond acceptors (Lipinski definition) is 5. The van der Waals surface area contributed by atoms with E-state index in [2.05, 4.69) is 81.5 Å². The topological polar surface area (TPSA) is 61.8 Å². The van der Waals surface area contributed by atoms with Crippen LogP contribution >= 0.6 is 0 Å². The summed E-state index contributed by atoms with van der Waals surface area (Å²) in [5.41, 5.74) is 0. The SMILES string of the molecule is CC/C=C\C/C=C\C/C=C\C/C=C\CCCCCCCCCOCC(COC(=O)CCCCCCC/C=C\CCCCCC)OC(=O)CCCCCCCCCCCCC. The summed E-state index contributed by atoms with van der Waals surface area (Å²) in [7, 11) is 0. The van der Waals surface area contributed by atoms with Crippen LogP contribution in [0, 0.1) is 0 Å². The minimum absolute atomic E-state index is 0.0779. The van der Waals surface area contributed by atoms with Crippen LogP contribution in [0.15, 0.2) is 60.8 Å². The minimum atomic E-state index is -0.543. The summed E-state index contributed by atoms with van der Waals surface area (Å²) in [5.74, 6) is -0.408. The summed E-state index contributed by atoms with van der Waals surface area (Å²) in [6.07, 6.45) is 63.7. The summed E-state index contributed by atoms with van der Waals surface area (Å²) in [4.78, 5) is 25.3. The Kier molecular flexibility index (Phi) is 48.9. The van der Waals surface area contributed by atoms with Crippen molar-refractivity contribution in [3.63, 3.8) is 0 Å².